The first-order valence-corrected chi connectivity index (χ1v) is 34.7. The average molecular weight is 1570 g/mol. The number of nitrogens with zero attached hydrogens (tertiary/aromatic N) is 7. The number of amides is 4. The Bertz CT molecular complexity index is 2900. The summed E-state index contributed by atoms with van der Waals surface area (Å²) >= 11 is 23.3. The molecule has 24 nitrogen and oxygen atoms in total. The van der Waals surface area contributed by atoms with Crippen LogP contribution in [0, 0.1) is 38.5 Å². The van der Waals surface area contributed by atoms with Gasteiger partial charge in [-0.2, -0.15) is 0 Å². The standard InChI is InChI=1S/C22H33ClN2O5.C20H29ClN4O3.C20H31ClN2O3.C6H15N.C2H3ClO2.2H2O.Pd.H2/c1-15-8-9-17(23)13-18(15)19(29-12-10-24-20(26)28-5)16-7-6-11-25(14-16)21(27)30-22(2,3)4;1-14-7-8-16(21)12-17(14)18(27-11-9-23-24-22)15-6-5-10-25(13-15)19(26)28-20(2,3)4;1-14-7-8-16(21)12-17(14)18(25-11-9-22)15-6-5-10-23(13-15)19(24)26-20(2,3)4;1-4-7(5-2)6-3;1-5-2(3)4;;;;/h8-9,13,16,19H,6-7,10-12,14H2,1-5H3,(H,24,26);7-8,12,15,18H,5-6,9-11,13H2,1-4H3;7-8,12,15,18H,5-6,9-11,13,22H2,1-4H3;4-6H2,1-3H3;1H3;2*1H2;;1H/t16-,19-;2*15-,18-;;;;;;/m111....../s1. The third-order valence-corrected chi connectivity index (χ3v) is 16.4. The van der Waals surface area contributed by atoms with Crippen molar-refractivity contribution in [3.8, 4) is 0 Å². The topological polar surface area (TPSA) is 322 Å². The molecule has 6 atom stereocenters. The largest absolute Gasteiger partial charge is 0.457 e. The molecule has 3 saturated heterocycles. The molecule has 0 spiro atoms. The summed E-state index contributed by atoms with van der Waals surface area (Å²) in [6.45, 7) is 38.9. The first-order chi connectivity index (χ1) is 45.1. The van der Waals surface area contributed by atoms with Crippen molar-refractivity contribution >= 4 is 76.2 Å². The summed E-state index contributed by atoms with van der Waals surface area (Å²) < 4.78 is 43.6. The molecule has 3 aliphatic heterocycles. The van der Waals surface area contributed by atoms with Gasteiger partial charge in [0, 0.05) is 130 Å². The van der Waals surface area contributed by atoms with Crippen LogP contribution in [0.1, 0.15) is 175 Å². The molecule has 0 radical (unpaired) electrons. The van der Waals surface area contributed by atoms with Crippen LogP contribution in [0.4, 0.5) is 24.0 Å². The van der Waals surface area contributed by atoms with Crippen molar-refractivity contribution in [1.29, 1.82) is 0 Å². The van der Waals surface area contributed by atoms with Gasteiger partial charge in [-0.15, -0.1) is 0 Å². The minimum Gasteiger partial charge on any atom is -0.457 e. The van der Waals surface area contributed by atoms with Crippen LogP contribution in [-0.2, 0) is 58.3 Å². The minimum atomic E-state index is -0.773. The van der Waals surface area contributed by atoms with Crippen LogP contribution < -0.4 is 11.1 Å². The zero-order chi connectivity index (χ0) is 72.3. The Morgan fingerprint density at radius 3 is 1.17 bits per heavy atom. The normalized spacial score (nSPS) is 16.8. The number of rotatable bonds is 20. The third-order valence-electron chi connectivity index (χ3n) is 15.6. The summed E-state index contributed by atoms with van der Waals surface area (Å²) in [5.41, 5.74) is 18.2. The van der Waals surface area contributed by atoms with E-state index in [1.54, 1.807) is 14.7 Å². The fraction of sp³-hybridized carbons (Fsp3) is 0.671. The second-order valence-corrected chi connectivity index (χ2v) is 28.2. The van der Waals surface area contributed by atoms with Gasteiger partial charge in [-0.25, -0.2) is 24.0 Å². The fourth-order valence-electron chi connectivity index (χ4n) is 11.0. The second kappa shape index (κ2) is 49.6. The summed E-state index contributed by atoms with van der Waals surface area (Å²) in [5, 5.41) is 8.14. The van der Waals surface area contributed by atoms with Gasteiger partial charge >= 0.3 is 29.8 Å². The summed E-state index contributed by atoms with van der Waals surface area (Å²) in [5.74, 6) is 0.367. The predicted octanol–water partition coefficient (Wildman–Crippen LogP) is 15.6. The Kier molecular flexibility index (Phi) is 48.2. The first-order valence-electron chi connectivity index (χ1n) is 33.2. The first kappa shape index (κ1) is 96.1. The molecule has 29 heteroatoms. The van der Waals surface area contributed by atoms with Crippen molar-refractivity contribution in [3.05, 3.63) is 113 Å². The number of carbonyl (C=O) groups is 5. The number of nitrogens with one attached hydrogen (secondary N) is 1. The van der Waals surface area contributed by atoms with E-state index in [-0.39, 0.29) is 93.7 Å². The van der Waals surface area contributed by atoms with Crippen molar-refractivity contribution < 1.29 is 94.7 Å². The SMILES string of the molecule is CCN(CC)CC.COC(=O)Cl.COC(=O)NCCO[C@@H](c1cc(Cl)ccc1C)[C@@H]1CCCN(C(=O)OC(C)(C)C)C1.Cc1ccc(Cl)cc1[C@H](OCCN)[C@@H]1CCCN(C(=O)OC(C)(C)C)C1.Cc1ccc(Cl)cc1[C@H](OCCN=[N+]=[N-])[C@@H]1CCCN(C(=O)OC(C)(C)C)C1.O.O.[HH].[Pd]. The summed E-state index contributed by atoms with van der Waals surface area (Å²) in [4.78, 5) is 68.7. The van der Waals surface area contributed by atoms with Crippen molar-refractivity contribution in [2.75, 3.05) is 113 Å². The van der Waals surface area contributed by atoms with E-state index in [0.29, 0.717) is 87.2 Å². The number of likely N-dealkylation sites (tertiary alicyclic amines) is 3. The number of alkyl carbamates (subject to hydrolysis) is 1. The molecule has 7 N–H and O–H groups in total. The van der Waals surface area contributed by atoms with E-state index in [1.165, 1.54) is 33.9 Å². The molecule has 3 aromatic rings. The quantitative estimate of drug-likeness (QED) is 0.0202. The molecule has 0 bridgehead atoms. The number of carbonyl (C=O) groups excluding carboxylic acids is 5. The summed E-state index contributed by atoms with van der Waals surface area (Å²) in [6, 6.07) is 17.3. The van der Waals surface area contributed by atoms with Crippen molar-refractivity contribution in [2.24, 2.45) is 28.6 Å². The molecule has 0 unspecified atom stereocenters. The van der Waals surface area contributed by atoms with E-state index in [0.717, 1.165) is 71.9 Å². The van der Waals surface area contributed by atoms with Crippen molar-refractivity contribution in [2.45, 2.75) is 177 Å². The second-order valence-electron chi connectivity index (χ2n) is 26.6. The molecule has 3 aliphatic rings. The molecule has 3 fully saturated rings. The molecular formula is C70H117Cl4N9O15Pd. The molecule has 0 saturated carbocycles. The van der Waals surface area contributed by atoms with E-state index < -0.39 is 28.3 Å². The number of piperidine rings is 3. The van der Waals surface area contributed by atoms with Crippen LogP contribution in [0.3, 0.4) is 0 Å². The Hall–Kier alpha value is -4.94. The molecule has 0 aliphatic carbocycles. The number of halogens is 4. The molecule has 4 amide bonds. The van der Waals surface area contributed by atoms with Crippen molar-refractivity contribution in [1.82, 2.24) is 24.9 Å². The van der Waals surface area contributed by atoms with Crippen LogP contribution in [0.15, 0.2) is 59.7 Å². The maximum atomic E-state index is 12.6. The Balaban J connectivity index is -0.00000128. The monoisotopic (exact) mass is 1570 g/mol. The number of methoxy groups -OCH3 is 2. The maximum Gasteiger partial charge on any atom is 0.410 e. The van der Waals surface area contributed by atoms with Crippen LogP contribution in [0.5, 0.6) is 0 Å². The smallest absolute Gasteiger partial charge is 0.410 e. The van der Waals surface area contributed by atoms with Crippen LogP contribution in [0.25, 0.3) is 10.4 Å². The van der Waals surface area contributed by atoms with Gasteiger partial charge in [-0.3, -0.25) is 0 Å². The van der Waals surface area contributed by atoms with Gasteiger partial charge in [0.15, 0.2) is 0 Å². The van der Waals surface area contributed by atoms with E-state index in [2.05, 4.69) is 69.0 Å². The summed E-state index contributed by atoms with van der Waals surface area (Å²) in [7, 11) is 2.54. The van der Waals surface area contributed by atoms with Crippen LogP contribution in [0.2, 0.25) is 15.1 Å². The number of hydrogen-bond donors (Lipinski definition) is 2. The van der Waals surface area contributed by atoms with Gasteiger partial charge in [0.1, 0.15) is 16.8 Å². The van der Waals surface area contributed by atoms with Gasteiger partial charge in [0.25, 0.3) is 0 Å². The zero-order valence-corrected chi connectivity index (χ0v) is 65.9. The molecule has 3 aromatic carbocycles. The van der Waals surface area contributed by atoms with Gasteiger partial charge in [-0.05, 0) is 217 Å². The Morgan fingerprint density at radius 1 is 0.596 bits per heavy atom. The molecule has 0 aromatic heterocycles. The molecule has 6 rings (SSSR count). The van der Waals surface area contributed by atoms with Gasteiger partial charge < -0.3 is 79.5 Å². The number of benzene rings is 3. The average Bonchev–Trinajstić information content (AvgIpc) is 0.825. The minimum absolute atomic E-state index is 0. The number of hydrogen-bond acceptors (Lipinski definition) is 16. The number of azide groups is 1. The van der Waals surface area contributed by atoms with Crippen LogP contribution >= 0.6 is 46.4 Å². The van der Waals surface area contributed by atoms with Gasteiger partial charge in [0.05, 0.1) is 52.4 Å². The molecule has 570 valence electrons. The number of aryl methyl sites for hydroxylation is 3. The molecule has 99 heavy (non-hydrogen) atoms. The van der Waals surface area contributed by atoms with Crippen LogP contribution in [-0.4, -0.2) is 190 Å². The van der Waals surface area contributed by atoms with E-state index in [9.17, 15) is 24.0 Å². The molecular weight excluding hydrogens is 1460 g/mol. The van der Waals surface area contributed by atoms with Gasteiger partial charge in [-0.1, -0.05) is 78.9 Å². The third kappa shape index (κ3) is 38.2. The summed E-state index contributed by atoms with van der Waals surface area (Å²) in [6.07, 6.45) is 3.50. The predicted molar refractivity (Wildman–Crippen MR) is 391 cm³/mol. The van der Waals surface area contributed by atoms with E-state index >= 15 is 0 Å². The Morgan fingerprint density at radius 2 is 0.909 bits per heavy atom. The number of ether oxygens (including phenoxy) is 8. The van der Waals surface area contributed by atoms with Crippen molar-refractivity contribution in [3.63, 3.8) is 0 Å². The molecule has 3 heterocycles. The van der Waals surface area contributed by atoms with E-state index in [4.69, 9.17) is 74.5 Å². The number of nitrogens with two attached hydrogens (primary N) is 1. The Labute approximate surface area is 624 Å². The van der Waals surface area contributed by atoms with E-state index in [1.807, 2.05) is 131 Å². The van der Waals surface area contributed by atoms with Gasteiger partial charge in [0.2, 0.25) is 0 Å². The fourth-order valence-corrected chi connectivity index (χ4v) is 11.5. The maximum absolute atomic E-state index is 12.6. The zero-order valence-electron chi connectivity index (χ0n) is 61.4.